The fourth-order valence-electron chi connectivity index (χ4n) is 1.45. The molecule has 0 radical (unpaired) electrons. The third-order valence-corrected chi connectivity index (χ3v) is 2.50. The van der Waals surface area contributed by atoms with Crippen LogP contribution in [-0.2, 0) is 11.3 Å². The summed E-state index contributed by atoms with van der Waals surface area (Å²) < 4.78 is 1.65. The van der Waals surface area contributed by atoms with Crippen molar-refractivity contribution >= 4 is 28.5 Å². The summed E-state index contributed by atoms with van der Waals surface area (Å²) in [5, 5.41) is 14.2. The van der Waals surface area contributed by atoms with Crippen LogP contribution in [-0.4, -0.2) is 20.9 Å². The molecule has 1 aromatic heterocycles. The molecule has 0 saturated carbocycles. The zero-order valence-electron chi connectivity index (χ0n) is 7.85. The van der Waals surface area contributed by atoms with Crippen molar-refractivity contribution in [2.45, 2.75) is 13.0 Å². The van der Waals surface area contributed by atoms with E-state index in [-0.39, 0.29) is 6.42 Å². The zero-order valence-corrected chi connectivity index (χ0v) is 8.61. The molecule has 1 N–H and O–H groups in total. The first-order valence-corrected chi connectivity index (χ1v) is 4.88. The monoisotopic (exact) mass is 224 g/mol. The van der Waals surface area contributed by atoms with Crippen molar-refractivity contribution in [3.63, 3.8) is 0 Å². The number of aliphatic carboxylic acids is 1. The number of fused-ring (bicyclic) bond motifs is 1. The smallest absolute Gasteiger partial charge is 0.305 e. The number of hydrogen-bond donors (Lipinski definition) is 1. The van der Waals surface area contributed by atoms with Gasteiger partial charge in [0.1, 0.15) is 0 Å². The van der Waals surface area contributed by atoms with E-state index in [4.69, 9.17) is 16.7 Å². The van der Waals surface area contributed by atoms with Crippen LogP contribution in [0.1, 0.15) is 6.42 Å². The first-order valence-electron chi connectivity index (χ1n) is 4.50. The molecule has 1 aromatic carbocycles. The largest absolute Gasteiger partial charge is 0.481 e. The first-order chi connectivity index (χ1) is 7.18. The van der Waals surface area contributed by atoms with Gasteiger partial charge in [0, 0.05) is 5.39 Å². The summed E-state index contributed by atoms with van der Waals surface area (Å²) in [6, 6.07) is 5.48. The first kappa shape index (κ1) is 9.98. The van der Waals surface area contributed by atoms with Gasteiger partial charge in [-0.3, -0.25) is 9.48 Å². The maximum atomic E-state index is 10.4. The number of nitrogens with zero attached hydrogens (tertiary/aromatic N) is 2. The van der Waals surface area contributed by atoms with Gasteiger partial charge in [-0.25, -0.2) is 0 Å². The Morgan fingerprint density at radius 1 is 1.53 bits per heavy atom. The molecule has 0 aliphatic rings. The molecule has 0 aliphatic heterocycles. The lowest BCUT2D eigenvalue weighted by atomic mass is 10.2. The molecule has 0 amide bonds. The molecule has 0 unspecified atom stereocenters. The van der Waals surface area contributed by atoms with Crippen molar-refractivity contribution in [3.05, 3.63) is 29.4 Å². The summed E-state index contributed by atoms with van der Waals surface area (Å²) in [5.41, 5.74) is 0.865. The highest BCUT2D eigenvalue weighted by Gasteiger charge is 2.06. The van der Waals surface area contributed by atoms with E-state index in [1.807, 2.05) is 12.1 Å². The average molecular weight is 225 g/mol. The maximum Gasteiger partial charge on any atom is 0.305 e. The van der Waals surface area contributed by atoms with E-state index >= 15 is 0 Å². The van der Waals surface area contributed by atoms with Crippen LogP contribution in [0.4, 0.5) is 0 Å². The molecule has 0 fully saturated rings. The third kappa shape index (κ3) is 1.94. The Morgan fingerprint density at radius 2 is 2.33 bits per heavy atom. The SMILES string of the molecule is O=C(O)CCn1ncc2c(Cl)cccc21. The van der Waals surface area contributed by atoms with Crippen molar-refractivity contribution in [2.75, 3.05) is 0 Å². The molecule has 0 bridgehead atoms. The molecule has 78 valence electrons. The van der Waals surface area contributed by atoms with Gasteiger partial charge < -0.3 is 5.11 Å². The van der Waals surface area contributed by atoms with Gasteiger partial charge in [0.25, 0.3) is 0 Å². The Hall–Kier alpha value is -1.55. The number of hydrogen-bond acceptors (Lipinski definition) is 2. The summed E-state index contributed by atoms with van der Waals surface area (Å²) in [6.07, 6.45) is 1.71. The molecule has 0 saturated heterocycles. The number of carboxylic acid groups (broad SMARTS) is 1. The summed E-state index contributed by atoms with van der Waals surface area (Å²) in [7, 11) is 0. The van der Waals surface area contributed by atoms with Crippen molar-refractivity contribution in [1.82, 2.24) is 9.78 Å². The van der Waals surface area contributed by atoms with Crippen LogP contribution in [0.3, 0.4) is 0 Å². The maximum absolute atomic E-state index is 10.4. The predicted octanol–water partition coefficient (Wildman–Crippen LogP) is 2.16. The van der Waals surface area contributed by atoms with Gasteiger partial charge in [-0.2, -0.15) is 5.10 Å². The summed E-state index contributed by atoms with van der Waals surface area (Å²) in [4.78, 5) is 10.4. The summed E-state index contributed by atoms with van der Waals surface area (Å²) >= 11 is 5.96. The Bertz CT molecular complexity index is 507. The van der Waals surface area contributed by atoms with E-state index in [1.54, 1.807) is 16.9 Å². The number of benzene rings is 1. The second-order valence-corrected chi connectivity index (χ2v) is 3.59. The molecule has 0 spiro atoms. The highest BCUT2D eigenvalue weighted by molar-refractivity contribution is 6.35. The third-order valence-electron chi connectivity index (χ3n) is 2.17. The van der Waals surface area contributed by atoms with Gasteiger partial charge in [0.2, 0.25) is 0 Å². The topological polar surface area (TPSA) is 55.1 Å². The van der Waals surface area contributed by atoms with E-state index in [1.165, 1.54) is 0 Å². The van der Waals surface area contributed by atoms with Crippen LogP contribution in [0.15, 0.2) is 24.4 Å². The molecule has 15 heavy (non-hydrogen) atoms. The molecule has 2 rings (SSSR count). The van der Waals surface area contributed by atoms with Crippen molar-refractivity contribution < 1.29 is 9.90 Å². The molecule has 0 aliphatic carbocycles. The van der Waals surface area contributed by atoms with E-state index < -0.39 is 5.97 Å². The van der Waals surface area contributed by atoms with Gasteiger partial charge in [-0.1, -0.05) is 17.7 Å². The van der Waals surface area contributed by atoms with Crippen LogP contribution in [0.2, 0.25) is 5.02 Å². The Labute approximate surface area is 91.1 Å². The molecular weight excluding hydrogens is 216 g/mol. The lowest BCUT2D eigenvalue weighted by Crippen LogP contribution is -2.05. The van der Waals surface area contributed by atoms with Gasteiger partial charge in [0.05, 0.1) is 29.7 Å². The summed E-state index contributed by atoms with van der Waals surface area (Å²) in [5.74, 6) is -0.833. The Kier molecular flexibility index (Phi) is 2.60. The van der Waals surface area contributed by atoms with Crippen LogP contribution >= 0.6 is 11.6 Å². The van der Waals surface area contributed by atoms with E-state index in [0.29, 0.717) is 11.6 Å². The number of carbonyl (C=O) groups is 1. The fourth-order valence-corrected chi connectivity index (χ4v) is 1.67. The van der Waals surface area contributed by atoms with Crippen LogP contribution < -0.4 is 0 Å². The highest BCUT2D eigenvalue weighted by Crippen LogP contribution is 2.22. The molecule has 4 nitrogen and oxygen atoms in total. The van der Waals surface area contributed by atoms with Gasteiger partial charge >= 0.3 is 5.97 Å². The van der Waals surface area contributed by atoms with E-state index in [9.17, 15) is 4.79 Å². The summed E-state index contributed by atoms with van der Waals surface area (Å²) in [6.45, 7) is 0.360. The van der Waals surface area contributed by atoms with E-state index in [2.05, 4.69) is 5.10 Å². The fraction of sp³-hybridized carbons (Fsp3) is 0.200. The van der Waals surface area contributed by atoms with Gasteiger partial charge in [-0.05, 0) is 12.1 Å². The number of carboxylic acids is 1. The number of aryl methyl sites for hydroxylation is 1. The lowest BCUT2D eigenvalue weighted by molar-refractivity contribution is -0.137. The normalized spacial score (nSPS) is 10.7. The van der Waals surface area contributed by atoms with Gasteiger partial charge in [0.15, 0.2) is 0 Å². The lowest BCUT2D eigenvalue weighted by Gasteiger charge is -2.00. The zero-order chi connectivity index (χ0) is 10.8. The average Bonchev–Trinajstić information content (AvgIpc) is 2.59. The second-order valence-electron chi connectivity index (χ2n) is 3.18. The van der Waals surface area contributed by atoms with Crippen molar-refractivity contribution in [2.24, 2.45) is 0 Å². The molecule has 1 heterocycles. The van der Waals surface area contributed by atoms with Gasteiger partial charge in [-0.15, -0.1) is 0 Å². The highest BCUT2D eigenvalue weighted by atomic mass is 35.5. The Balaban J connectivity index is 2.37. The molecule has 5 heteroatoms. The van der Waals surface area contributed by atoms with Crippen LogP contribution in [0.25, 0.3) is 10.9 Å². The minimum Gasteiger partial charge on any atom is -0.481 e. The van der Waals surface area contributed by atoms with E-state index in [0.717, 1.165) is 10.9 Å². The van der Waals surface area contributed by atoms with Crippen molar-refractivity contribution in [3.8, 4) is 0 Å². The Morgan fingerprint density at radius 3 is 3.07 bits per heavy atom. The minimum atomic E-state index is -0.833. The van der Waals surface area contributed by atoms with Crippen molar-refractivity contribution in [1.29, 1.82) is 0 Å². The molecule has 0 atom stereocenters. The number of halogens is 1. The van der Waals surface area contributed by atoms with Crippen LogP contribution in [0, 0.1) is 0 Å². The quantitative estimate of drug-likeness (QED) is 0.869. The predicted molar refractivity (Wildman–Crippen MR) is 57.0 cm³/mol. The minimum absolute atomic E-state index is 0.0588. The number of aromatic nitrogens is 2. The standard InChI is InChI=1S/C10H9ClN2O2/c11-8-2-1-3-9-7(8)6-12-13(9)5-4-10(14)15/h1-3,6H,4-5H2,(H,14,15). The molecule has 2 aromatic rings. The molecular formula is C10H9ClN2O2. The van der Waals surface area contributed by atoms with Crippen LogP contribution in [0.5, 0.6) is 0 Å². The second kappa shape index (κ2) is 3.90. The number of rotatable bonds is 3.